The third-order valence-electron chi connectivity index (χ3n) is 3.69. The fourth-order valence-corrected chi connectivity index (χ4v) is 2.45. The quantitative estimate of drug-likeness (QED) is 0.621. The van der Waals surface area contributed by atoms with Crippen LogP contribution in [-0.2, 0) is 17.8 Å². The molecule has 5 heteroatoms. The second-order valence-electron chi connectivity index (χ2n) is 5.53. The first-order valence-corrected chi connectivity index (χ1v) is 7.80. The van der Waals surface area contributed by atoms with Gasteiger partial charge < -0.3 is 16.5 Å². The van der Waals surface area contributed by atoms with E-state index in [0.29, 0.717) is 13.0 Å². The molecule has 0 spiro atoms. The van der Waals surface area contributed by atoms with E-state index < -0.39 is 0 Å². The number of amides is 1. The molecule has 0 saturated heterocycles. The van der Waals surface area contributed by atoms with E-state index in [1.165, 1.54) is 0 Å². The maximum Gasteiger partial charge on any atom is 0.217 e. The first-order chi connectivity index (χ1) is 10.7. The van der Waals surface area contributed by atoms with E-state index in [1.807, 2.05) is 18.3 Å². The Kier molecular flexibility index (Phi) is 6.15. The van der Waals surface area contributed by atoms with Gasteiger partial charge in [-0.05, 0) is 30.0 Å². The van der Waals surface area contributed by atoms with Crippen LogP contribution in [0.15, 0.2) is 30.5 Å². The van der Waals surface area contributed by atoms with Crippen molar-refractivity contribution in [1.29, 1.82) is 0 Å². The second-order valence-corrected chi connectivity index (χ2v) is 5.53. The Morgan fingerprint density at radius 2 is 2.00 bits per heavy atom. The summed E-state index contributed by atoms with van der Waals surface area (Å²) in [6.45, 7) is 0.542. The molecule has 0 bridgehead atoms. The van der Waals surface area contributed by atoms with Crippen molar-refractivity contribution in [3.05, 3.63) is 41.9 Å². The van der Waals surface area contributed by atoms with Crippen molar-refractivity contribution in [2.75, 3.05) is 0 Å². The molecular formula is C17H24N4O. The third-order valence-corrected chi connectivity index (χ3v) is 3.69. The van der Waals surface area contributed by atoms with Crippen molar-refractivity contribution in [2.24, 2.45) is 11.5 Å². The number of nitrogens with one attached hydrogen (secondary N) is 1. The lowest BCUT2D eigenvalue weighted by molar-refractivity contribution is -0.118. The molecule has 1 aromatic carbocycles. The Hall–Kier alpha value is -2.14. The number of nitrogens with zero attached hydrogens (tertiary/aromatic N) is 1. The van der Waals surface area contributed by atoms with Crippen LogP contribution in [0.25, 0.3) is 11.3 Å². The number of H-pyrrole nitrogens is 1. The Balaban J connectivity index is 1.80. The van der Waals surface area contributed by atoms with Crippen LogP contribution in [0.3, 0.4) is 0 Å². The number of unbranched alkanes of at least 4 members (excludes halogenated alkanes) is 3. The molecule has 5 N–H and O–H groups in total. The summed E-state index contributed by atoms with van der Waals surface area (Å²) >= 11 is 0. The van der Waals surface area contributed by atoms with Gasteiger partial charge in [-0.15, -0.1) is 0 Å². The monoisotopic (exact) mass is 300 g/mol. The summed E-state index contributed by atoms with van der Waals surface area (Å²) in [6, 6.07) is 8.17. The van der Waals surface area contributed by atoms with Gasteiger partial charge in [-0.3, -0.25) is 4.79 Å². The number of carbonyl (C=O) groups is 1. The van der Waals surface area contributed by atoms with Gasteiger partial charge in [-0.2, -0.15) is 0 Å². The molecule has 1 heterocycles. The van der Waals surface area contributed by atoms with Crippen LogP contribution < -0.4 is 11.5 Å². The van der Waals surface area contributed by atoms with Crippen LogP contribution >= 0.6 is 0 Å². The summed E-state index contributed by atoms with van der Waals surface area (Å²) in [5.41, 5.74) is 14.0. The minimum Gasteiger partial charge on any atom is -0.370 e. The number of benzene rings is 1. The van der Waals surface area contributed by atoms with Crippen LogP contribution in [-0.4, -0.2) is 15.9 Å². The number of nitrogens with two attached hydrogens (primary N) is 2. The fourth-order valence-electron chi connectivity index (χ4n) is 2.45. The molecule has 1 aromatic heterocycles. The maximum absolute atomic E-state index is 10.6. The number of rotatable bonds is 9. The lowest BCUT2D eigenvalue weighted by Crippen LogP contribution is -2.09. The van der Waals surface area contributed by atoms with E-state index in [9.17, 15) is 4.79 Å². The normalized spacial score (nSPS) is 10.8. The van der Waals surface area contributed by atoms with Gasteiger partial charge in [-0.25, -0.2) is 4.98 Å². The molecule has 2 aromatic rings. The number of aromatic nitrogens is 2. The summed E-state index contributed by atoms with van der Waals surface area (Å²) in [6.07, 6.45) is 7.35. The first kappa shape index (κ1) is 16.2. The third kappa shape index (κ3) is 5.00. The van der Waals surface area contributed by atoms with Crippen molar-refractivity contribution in [2.45, 2.75) is 45.1 Å². The van der Waals surface area contributed by atoms with Crippen molar-refractivity contribution in [1.82, 2.24) is 9.97 Å². The molecule has 0 fully saturated rings. The van der Waals surface area contributed by atoms with Gasteiger partial charge in [0.2, 0.25) is 5.91 Å². The predicted molar refractivity (Wildman–Crippen MR) is 87.9 cm³/mol. The highest BCUT2D eigenvalue weighted by atomic mass is 16.1. The van der Waals surface area contributed by atoms with Gasteiger partial charge in [-0.1, -0.05) is 31.0 Å². The van der Waals surface area contributed by atoms with Crippen LogP contribution in [0, 0.1) is 0 Å². The highest BCUT2D eigenvalue weighted by molar-refractivity contribution is 5.73. The van der Waals surface area contributed by atoms with Gasteiger partial charge in [0, 0.05) is 19.4 Å². The summed E-state index contributed by atoms with van der Waals surface area (Å²) in [5.74, 6) is 0.790. The maximum atomic E-state index is 10.6. The predicted octanol–water partition coefficient (Wildman–Crippen LogP) is 2.51. The van der Waals surface area contributed by atoms with Crippen LogP contribution in [0.1, 0.15) is 43.5 Å². The minimum atomic E-state index is -0.213. The fraction of sp³-hybridized carbons (Fsp3) is 0.412. The summed E-state index contributed by atoms with van der Waals surface area (Å²) in [7, 11) is 0. The molecule has 22 heavy (non-hydrogen) atoms. The molecule has 2 rings (SSSR count). The van der Waals surface area contributed by atoms with Crippen LogP contribution in [0.5, 0.6) is 0 Å². The number of primary amides is 1. The smallest absolute Gasteiger partial charge is 0.217 e. The van der Waals surface area contributed by atoms with Gasteiger partial charge in [0.15, 0.2) is 0 Å². The molecule has 1 amide bonds. The zero-order valence-electron chi connectivity index (χ0n) is 12.8. The van der Waals surface area contributed by atoms with Crippen LogP contribution in [0.4, 0.5) is 0 Å². The van der Waals surface area contributed by atoms with E-state index in [2.05, 4.69) is 22.1 Å². The van der Waals surface area contributed by atoms with E-state index in [1.54, 1.807) is 0 Å². The SMILES string of the molecule is NCc1cccc(-c2cnc(CCCCCCC(N)=O)[nH]2)c1. The van der Waals surface area contributed by atoms with Crippen molar-refractivity contribution < 1.29 is 4.79 Å². The van der Waals surface area contributed by atoms with Gasteiger partial charge in [0.1, 0.15) is 5.82 Å². The number of hydrogen-bond acceptors (Lipinski definition) is 3. The second kappa shape index (κ2) is 8.34. The highest BCUT2D eigenvalue weighted by Crippen LogP contribution is 2.19. The van der Waals surface area contributed by atoms with E-state index in [-0.39, 0.29) is 5.91 Å². The lowest BCUT2D eigenvalue weighted by Gasteiger charge is -2.01. The largest absolute Gasteiger partial charge is 0.370 e. The Morgan fingerprint density at radius 1 is 1.18 bits per heavy atom. The Morgan fingerprint density at radius 3 is 2.77 bits per heavy atom. The van der Waals surface area contributed by atoms with E-state index in [0.717, 1.165) is 54.7 Å². The zero-order chi connectivity index (χ0) is 15.8. The topological polar surface area (TPSA) is 97.8 Å². The zero-order valence-corrected chi connectivity index (χ0v) is 12.8. The van der Waals surface area contributed by atoms with Crippen molar-refractivity contribution >= 4 is 5.91 Å². The molecule has 0 radical (unpaired) electrons. The van der Waals surface area contributed by atoms with Crippen molar-refractivity contribution in [3.8, 4) is 11.3 Å². The summed E-state index contributed by atoms with van der Waals surface area (Å²) in [4.78, 5) is 18.4. The van der Waals surface area contributed by atoms with Gasteiger partial charge >= 0.3 is 0 Å². The standard InChI is InChI=1S/C17H24N4O/c18-11-13-6-5-7-14(10-13)15-12-20-17(21-15)9-4-2-1-3-8-16(19)22/h5-7,10,12H,1-4,8-9,11,18H2,(H2,19,22)(H,20,21). The molecule has 0 aliphatic carbocycles. The summed E-state index contributed by atoms with van der Waals surface area (Å²) in [5, 5.41) is 0. The molecule has 118 valence electrons. The molecule has 0 atom stereocenters. The van der Waals surface area contributed by atoms with Gasteiger partial charge in [0.25, 0.3) is 0 Å². The van der Waals surface area contributed by atoms with E-state index in [4.69, 9.17) is 11.5 Å². The van der Waals surface area contributed by atoms with Gasteiger partial charge in [0.05, 0.1) is 11.9 Å². The number of aromatic amines is 1. The molecule has 0 saturated carbocycles. The average Bonchev–Trinajstić information content (AvgIpc) is 2.99. The molecule has 5 nitrogen and oxygen atoms in total. The number of imidazole rings is 1. The lowest BCUT2D eigenvalue weighted by atomic mass is 10.1. The molecular weight excluding hydrogens is 276 g/mol. The molecule has 0 aliphatic rings. The van der Waals surface area contributed by atoms with Crippen molar-refractivity contribution in [3.63, 3.8) is 0 Å². The number of aryl methyl sites for hydroxylation is 1. The van der Waals surface area contributed by atoms with Crippen LogP contribution in [0.2, 0.25) is 0 Å². The average molecular weight is 300 g/mol. The highest BCUT2D eigenvalue weighted by Gasteiger charge is 2.04. The van der Waals surface area contributed by atoms with E-state index >= 15 is 0 Å². The minimum absolute atomic E-state index is 0.213. The molecule has 0 aliphatic heterocycles. The Bertz CT molecular complexity index is 606. The first-order valence-electron chi connectivity index (χ1n) is 7.80. The Labute approximate surface area is 131 Å². The molecule has 0 unspecified atom stereocenters. The number of carbonyl (C=O) groups excluding carboxylic acids is 1. The number of hydrogen-bond donors (Lipinski definition) is 3. The summed E-state index contributed by atoms with van der Waals surface area (Å²) < 4.78 is 0.